The van der Waals surface area contributed by atoms with Crippen LogP contribution in [0.25, 0.3) is 0 Å². The number of likely N-dealkylation sites (tertiary alicyclic amines) is 1. The Morgan fingerprint density at radius 1 is 1.15 bits per heavy atom. The maximum atomic E-state index is 12.9. The third kappa shape index (κ3) is 4.32. The maximum Gasteiger partial charge on any atom is 0.227 e. The van der Waals surface area contributed by atoms with Gasteiger partial charge in [0, 0.05) is 38.8 Å². The summed E-state index contributed by atoms with van der Waals surface area (Å²) in [6.07, 6.45) is 1.02. The second-order valence-corrected chi connectivity index (χ2v) is 7.34. The lowest BCUT2D eigenvalue weighted by Crippen LogP contribution is -2.44. The number of nitrogens with two attached hydrogens (primary N) is 1. The number of hydrogen-bond donors (Lipinski definition) is 1. The van der Waals surface area contributed by atoms with Gasteiger partial charge in [-0.2, -0.15) is 0 Å². The molecular weight excluding hydrogens is 322 g/mol. The molecule has 2 aromatic rings. The molecule has 1 amide bonds. The monoisotopic (exact) mass is 351 g/mol. The van der Waals surface area contributed by atoms with Crippen LogP contribution < -0.4 is 5.73 Å². The molecule has 0 bridgehead atoms. The summed E-state index contributed by atoms with van der Waals surface area (Å²) in [4.78, 5) is 17.3. The van der Waals surface area contributed by atoms with E-state index in [-0.39, 0.29) is 23.9 Å². The third-order valence-electron chi connectivity index (χ3n) is 5.50. The summed E-state index contributed by atoms with van der Waals surface area (Å²) in [5.74, 6) is -0.0986. The van der Waals surface area contributed by atoms with Gasteiger partial charge in [0.15, 0.2) is 0 Å². The van der Waals surface area contributed by atoms with E-state index in [0.29, 0.717) is 0 Å². The number of benzene rings is 2. The predicted octanol–water partition coefficient (Wildman–Crippen LogP) is 3.06. The summed E-state index contributed by atoms with van der Waals surface area (Å²) in [6.45, 7) is 4.83. The predicted molar refractivity (Wildman–Crippen MR) is 105 cm³/mol. The first-order chi connectivity index (χ1) is 12.6. The normalized spacial score (nSPS) is 19.9. The molecule has 2 N–H and O–H groups in total. The van der Waals surface area contributed by atoms with Gasteiger partial charge in [-0.05, 0) is 17.5 Å². The molecule has 3 rings (SSSR count). The fourth-order valence-corrected chi connectivity index (χ4v) is 3.73. The number of nitrogens with zero attached hydrogens (tertiary/aromatic N) is 2. The first-order valence-corrected chi connectivity index (χ1v) is 9.39. The molecule has 1 saturated heterocycles. The van der Waals surface area contributed by atoms with Crippen molar-refractivity contribution >= 4 is 5.91 Å². The molecule has 0 spiro atoms. The van der Waals surface area contributed by atoms with Crippen molar-refractivity contribution in [2.75, 3.05) is 20.1 Å². The minimum atomic E-state index is -0.270. The summed E-state index contributed by atoms with van der Waals surface area (Å²) in [7, 11) is 1.92. The second-order valence-electron chi connectivity index (χ2n) is 7.34. The van der Waals surface area contributed by atoms with E-state index in [0.717, 1.165) is 31.6 Å². The number of carbonyl (C=O) groups is 1. The Morgan fingerprint density at radius 2 is 1.77 bits per heavy atom. The van der Waals surface area contributed by atoms with Crippen LogP contribution >= 0.6 is 0 Å². The van der Waals surface area contributed by atoms with E-state index in [1.54, 1.807) is 0 Å². The van der Waals surface area contributed by atoms with Crippen LogP contribution in [0.3, 0.4) is 0 Å². The van der Waals surface area contributed by atoms with Crippen LogP contribution in [-0.4, -0.2) is 41.9 Å². The van der Waals surface area contributed by atoms with Gasteiger partial charge in [0.25, 0.3) is 0 Å². The van der Waals surface area contributed by atoms with Crippen molar-refractivity contribution in [3.8, 4) is 0 Å². The Balaban J connectivity index is 1.57. The van der Waals surface area contributed by atoms with Gasteiger partial charge in [0.05, 0.1) is 5.92 Å². The third-order valence-corrected chi connectivity index (χ3v) is 5.50. The first-order valence-electron chi connectivity index (χ1n) is 9.39. The average molecular weight is 351 g/mol. The minimum Gasteiger partial charge on any atom is -0.341 e. The van der Waals surface area contributed by atoms with Crippen LogP contribution in [0.15, 0.2) is 60.7 Å². The quantitative estimate of drug-likeness (QED) is 0.870. The van der Waals surface area contributed by atoms with Crippen LogP contribution in [0.5, 0.6) is 0 Å². The van der Waals surface area contributed by atoms with Crippen molar-refractivity contribution in [1.29, 1.82) is 0 Å². The van der Waals surface area contributed by atoms with Gasteiger partial charge in [-0.15, -0.1) is 0 Å². The Hall–Kier alpha value is -2.17. The molecular formula is C22H29N3O. The van der Waals surface area contributed by atoms with Gasteiger partial charge in [-0.3, -0.25) is 9.69 Å². The van der Waals surface area contributed by atoms with Gasteiger partial charge in [-0.25, -0.2) is 0 Å². The molecule has 138 valence electrons. The van der Waals surface area contributed by atoms with Gasteiger partial charge < -0.3 is 10.6 Å². The molecule has 1 fully saturated rings. The lowest BCUT2D eigenvalue weighted by molar-refractivity contribution is -0.136. The Labute approximate surface area is 156 Å². The molecule has 0 aliphatic carbocycles. The zero-order chi connectivity index (χ0) is 18.5. The van der Waals surface area contributed by atoms with Crippen molar-refractivity contribution in [3.63, 3.8) is 0 Å². The minimum absolute atomic E-state index is 0.132. The highest BCUT2D eigenvalue weighted by Gasteiger charge is 2.32. The van der Waals surface area contributed by atoms with E-state index < -0.39 is 0 Å². The van der Waals surface area contributed by atoms with E-state index in [4.69, 9.17) is 5.73 Å². The van der Waals surface area contributed by atoms with Crippen molar-refractivity contribution in [2.24, 2.45) is 11.7 Å². The molecule has 0 radical (unpaired) electrons. The molecule has 1 aliphatic heterocycles. The highest BCUT2D eigenvalue weighted by Crippen LogP contribution is 2.24. The molecule has 26 heavy (non-hydrogen) atoms. The molecule has 3 unspecified atom stereocenters. The number of likely N-dealkylation sites (N-methyl/N-ethyl adjacent to an activating group) is 1. The van der Waals surface area contributed by atoms with Crippen LogP contribution in [0.4, 0.5) is 0 Å². The number of amides is 1. The molecule has 1 heterocycles. The topological polar surface area (TPSA) is 49.6 Å². The van der Waals surface area contributed by atoms with Crippen LogP contribution in [0, 0.1) is 5.92 Å². The summed E-state index contributed by atoms with van der Waals surface area (Å²) in [5.41, 5.74) is 8.68. The lowest BCUT2D eigenvalue weighted by Gasteiger charge is -2.30. The van der Waals surface area contributed by atoms with E-state index in [2.05, 4.69) is 29.2 Å². The van der Waals surface area contributed by atoms with Crippen LogP contribution in [-0.2, 0) is 11.3 Å². The smallest absolute Gasteiger partial charge is 0.227 e. The highest BCUT2D eigenvalue weighted by molar-refractivity contribution is 5.79. The number of carbonyl (C=O) groups excluding carboxylic acids is 1. The van der Waals surface area contributed by atoms with E-state index in [9.17, 15) is 4.79 Å². The number of hydrogen-bond acceptors (Lipinski definition) is 3. The van der Waals surface area contributed by atoms with E-state index in [1.807, 2.05) is 55.3 Å². The van der Waals surface area contributed by atoms with Gasteiger partial charge >= 0.3 is 0 Å². The summed E-state index contributed by atoms with van der Waals surface area (Å²) in [6, 6.07) is 20.4. The van der Waals surface area contributed by atoms with Crippen molar-refractivity contribution in [3.05, 3.63) is 71.8 Å². The Bertz CT molecular complexity index is 704. The SMILES string of the molecule is CC(C(=O)N(C)C1CCN(Cc2ccccc2)C1)C(N)c1ccccc1. The largest absolute Gasteiger partial charge is 0.341 e. The van der Waals surface area contributed by atoms with Crippen molar-refractivity contribution in [2.45, 2.75) is 32.0 Å². The van der Waals surface area contributed by atoms with Crippen LogP contribution in [0.2, 0.25) is 0 Å². The van der Waals surface area contributed by atoms with Crippen molar-refractivity contribution < 1.29 is 4.79 Å². The van der Waals surface area contributed by atoms with E-state index >= 15 is 0 Å². The summed E-state index contributed by atoms with van der Waals surface area (Å²) < 4.78 is 0. The Kier molecular flexibility index (Phi) is 6.07. The summed E-state index contributed by atoms with van der Waals surface area (Å²) >= 11 is 0. The summed E-state index contributed by atoms with van der Waals surface area (Å²) in [5, 5.41) is 0. The zero-order valence-electron chi connectivity index (χ0n) is 15.7. The lowest BCUT2D eigenvalue weighted by atomic mass is 9.94. The maximum absolute atomic E-state index is 12.9. The molecule has 0 saturated carbocycles. The number of rotatable bonds is 6. The molecule has 4 heteroatoms. The second kappa shape index (κ2) is 8.47. The first kappa shape index (κ1) is 18.6. The molecule has 0 aromatic heterocycles. The standard InChI is InChI=1S/C22H29N3O/c1-17(21(23)19-11-7-4-8-12-19)22(26)24(2)20-13-14-25(16-20)15-18-9-5-3-6-10-18/h3-12,17,20-21H,13-16,23H2,1-2H3. The molecule has 1 aliphatic rings. The fraction of sp³-hybridized carbons (Fsp3) is 0.409. The Morgan fingerprint density at radius 3 is 2.42 bits per heavy atom. The zero-order valence-corrected chi connectivity index (χ0v) is 15.7. The highest BCUT2D eigenvalue weighted by atomic mass is 16.2. The molecule has 2 aromatic carbocycles. The van der Waals surface area contributed by atoms with E-state index in [1.165, 1.54) is 5.56 Å². The average Bonchev–Trinajstić information content (AvgIpc) is 3.15. The van der Waals surface area contributed by atoms with Crippen LogP contribution in [0.1, 0.15) is 30.5 Å². The van der Waals surface area contributed by atoms with Gasteiger partial charge in [-0.1, -0.05) is 67.6 Å². The van der Waals surface area contributed by atoms with Gasteiger partial charge in [0.2, 0.25) is 5.91 Å². The molecule has 4 nitrogen and oxygen atoms in total. The fourth-order valence-electron chi connectivity index (χ4n) is 3.73. The van der Waals surface area contributed by atoms with Gasteiger partial charge in [0.1, 0.15) is 0 Å². The van der Waals surface area contributed by atoms with Crippen molar-refractivity contribution in [1.82, 2.24) is 9.80 Å². The molecule has 3 atom stereocenters.